The quantitative estimate of drug-likeness (QED) is 0.294. The minimum atomic E-state index is -1.18. The molecule has 8 nitrogen and oxygen atoms in total. The van der Waals surface area contributed by atoms with E-state index in [9.17, 15) is 19.2 Å². The zero-order chi connectivity index (χ0) is 23.1. The molecule has 2 atom stereocenters. The maximum atomic E-state index is 13.8. The summed E-state index contributed by atoms with van der Waals surface area (Å²) in [6, 6.07) is 3.51. The third-order valence-electron chi connectivity index (χ3n) is 5.26. The Hall–Kier alpha value is -2.29. The molecule has 0 aliphatic heterocycles. The molecule has 9 heteroatoms. The molecule has 2 amide bonds. The Morgan fingerprint density at radius 2 is 2.03 bits per heavy atom. The van der Waals surface area contributed by atoms with Crippen molar-refractivity contribution in [2.24, 2.45) is 11.8 Å². The number of rotatable bonds is 12. The van der Waals surface area contributed by atoms with E-state index < -0.39 is 12.1 Å². The Balaban J connectivity index is 0.00000233. The second-order valence-electron chi connectivity index (χ2n) is 7.76. The number of amides is 2. The number of anilines is 1. The van der Waals surface area contributed by atoms with Gasteiger partial charge in [0.15, 0.2) is 0 Å². The van der Waals surface area contributed by atoms with Crippen molar-refractivity contribution in [1.29, 1.82) is 0 Å². The molecule has 0 bridgehead atoms. The number of nitrogens with zero attached hydrogens (tertiary/aromatic N) is 4. The van der Waals surface area contributed by atoms with Gasteiger partial charge in [-0.2, -0.15) is 5.10 Å². The molecule has 0 aromatic carbocycles. The molecule has 1 aliphatic rings. The summed E-state index contributed by atoms with van der Waals surface area (Å²) in [7, 11) is 0. The first-order valence-electron chi connectivity index (χ1n) is 11.3. The molecule has 1 saturated carbocycles. The van der Waals surface area contributed by atoms with Crippen molar-refractivity contribution >= 4 is 18.1 Å². The number of carbonyl (C=O) groups is 2. The van der Waals surface area contributed by atoms with Crippen LogP contribution in [0.15, 0.2) is 18.3 Å². The average molecular weight is 440 g/mol. The van der Waals surface area contributed by atoms with Gasteiger partial charge in [0.05, 0.1) is 19.0 Å². The lowest BCUT2D eigenvalue weighted by atomic mass is 9.82. The molecule has 0 saturated heterocycles. The summed E-state index contributed by atoms with van der Waals surface area (Å²) in [5.41, 5.74) is 0. The number of hydroxylamine groups is 2. The molecule has 0 spiro atoms. The Bertz CT molecular complexity index is 614. The molecule has 1 aromatic rings. The summed E-state index contributed by atoms with van der Waals surface area (Å²) >= 11 is 0. The van der Waals surface area contributed by atoms with Crippen molar-refractivity contribution < 1.29 is 19.2 Å². The highest BCUT2D eigenvalue weighted by Gasteiger charge is 2.30. The zero-order valence-electron chi connectivity index (χ0n) is 19.0. The predicted octanol–water partition coefficient (Wildman–Crippen LogP) is 3.54. The van der Waals surface area contributed by atoms with Gasteiger partial charge in [0.1, 0.15) is 12.0 Å². The van der Waals surface area contributed by atoms with Crippen LogP contribution in [-0.2, 0) is 9.59 Å². The van der Waals surface area contributed by atoms with Crippen molar-refractivity contribution in [2.75, 3.05) is 31.5 Å². The van der Waals surface area contributed by atoms with Crippen LogP contribution < -0.4 is 5.32 Å². The van der Waals surface area contributed by atoms with Crippen LogP contribution in [0.3, 0.4) is 0 Å². The standard InChI is InChI=1S/C20H32FN5O3.C2H6/c1-16(21)13-25(11-10-22-19-8-5-9-23-24-19)20(28)18(14-26(29)15-27)12-17-6-3-2-4-7-17;1-2/h5,8-9,15-18,29H,2-4,6-7,10-14H2,1H3,(H,22,24);1-2H3/t16-,18?;/m1./s1. The fraction of sp³-hybridized carbons (Fsp3) is 0.727. The van der Waals surface area contributed by atoms with Gasteiger partial charge >= 0.3 is 0 Å². The number of aromatic nitrogens is 2. The molecule has 31 heavy (non-hydrogen) atoms. The van der Waals surface area contributed by atoms with Gasteiger partial charge in [-0.3, -0.25) is 14.8 Å². The lowest BCUT2D eigenvalue weighted by Gasteiger charge is -2.32. The van der Waals surface area contributed by atoms with E-state index in [1.807, 2.05) is 13.8 Å². The van der Waals surface area contributed by atoms with Gasteiger partial charge in [0.25, 0.3) is 0 Å². The highest BCUT2D eigenvalue weighted by atomic mass is 19.1. The largest absolute Gasteiger partial charge is 0.367 e. The van der Waals surface area contributed by atoms with Crippen LogP contribution in [0.1, 0.15) is 59.3 Å². The van der Waals surface area contributed by atoms with Crippen molar-refractivity contribution in [3.63, 3.8) is 0 Å². The van der Waals surface area contributed by atoms with Crippen LogP contribution in [0.25, 0.3) is 0 Å². The molecular formula is C22H38FN5O3. The number of alkyl halides is 1. The number of nitrogens with one attached hydrogen (secondary N) is 1. The van der Waals surface area contributed by atoms with E-state index in [0.717, 1.165) is 25.7 Å². The highest BCUT2D eigenvalue weighted by Crippen LogP contribution is 2.30. The summed E-state index contributed by atoms with van der Waals surface area (Å²) in [4.78, 5) is 25.6. The Morgan fingerprint density at radius 1 is 1.32 bits per heavy atom. The number of carbonyl (C=O) groups excluding carboxylic acids is 2. The van der Waals surface area contributed by atoms with Crippen molar-refractivity contribution in [1.82, 2.24) is 20.2 Å². The number of hydrogen-bond donors (Lipinski definition) is 2. The molecule has 1 aliphatic carbocycles. The van der Waals surface area contributed by atoms with E-state index in [1.165, 1.54) is 18.2 Å². The van der Waals surface area contributed by atoms with Gasteiger partial charge in [0, 0.05) is 19.3 Å². The third kappa shape index (κ3) is 10.5. The van der Waals surface area contributed by atoms with Crippen LogP contribution in [0.5, 0.6) is 0 Å². The molecule has 1 aromatic heterocycles. The molecule has 0 radical (unpaired) electrons. The molecule has 1 heterocycles. The first-order chi connectivity index (χ1) is 15.0. The Morgan fingerprint density at radius 3 is 2.61 bits per heavy atom. The van der Waals surface area contributed by atoms with Gasteiger partial charge < -0.3 is 10.2 Å². The summed E-state index contributed by atoms with van der Waals surface area (Å²) in [5.74, 6) is 0.181. The lowest BCUT2D eigenvalue weighted by Crippen LogP contribution is -2.45. The minimum absolute atomic E-state index is 0.0331. The third-order valence-corrected chi connectivity index (χ3v) is 5.26. The summed E-state index contributed by atoms with van der Waals surface area (Å²) in [6.07, 6.45) is 6.85. The maximum Gasteiger partial charge on any atom is 0.233 e. The van der Waals surface area contributed by atoms with E-state index >= 15 is 0 Å². The number of halogens is 1. The summed E-state index contributed by atoms with van der Waals surface area (Å²) in [6.45, 7) is 5.99. The zero-order valence-corrected chi connectivity index (χ0v) is 19.0. The van der Waals surface area contributed by atoms with E-state index in [4.69, 9.17) is 0 Å². The van der Waals surface area contributed by atoms with E-state index in [1.54, 1.807) is 18.3 Å². The van der Waals surface area contributed by atoms with E-state index in [-0.39, 0.29) is 25.5 Å². The number of hydrogen-bond acceptors (Lipinski definition) is 6. The Labute approximate surface area is 185 Å². The van der Waals surface area contributed by atoms with Gasteiger partial charge in [-0.25, -0.2) is 9.45 Å². The topological polar surface area (TPSA) is 98.7 Å². The van der Waals surface area contributed by atoms with Gasteiger partial charge in [-0.15, -0.1) is 5.10 Å². The van der Waals surface area contributed by atoms with Crippen LogP contribution in [-0.4, -0.2) is 70.0 Å². The average Bonchev–Trinajstić information content (AvgIpc) is 2.80. The van der Waals surface area contributed by atoms with Gasteiger partial charge in [-0.05, 0) is 31.4 Å². The fourth-order valence-corrected chi connectivity index (χ4v) is 3.92. The van der Waals surface area contributed by atoms with E-state index in [0.29, 0.717) is 36.2 Å². The van der Waals surface area contributed by atoms with E-state index in [2.05, 4.69) is 15.5 Å². The predicted molar refractivity (Wildman–Crippen MR) is 118 cm³/mol. The van der Waals surface area contributed by atoms with Crippen LogP contribution in [0.4, 0.5) is 10.2 Å². The Kier molecular flexibility index (Phi) is 13.4. The van der Waals surface area contributed by atoms with Crippen molar-refractivity contribution in [3.05, 3.63) is 18.3 Å². The van der Waals surface area contributed by atoms with Crippen LogP contribution in [0.2, 0.25) is 0 Å². The first-order valence-corrected chi connectivity index (χ1v) is 11.3. The monoisotopic (exact) mass is 439 g/mol. The van der Waals surface area contributed by atoms with Crippen LogP contribution in [0, 0.1) is 11.8 Å². The maximum absolute atomic E-state index is 13.8. The molecular weight excluding hydrogens is 401 g/mol. The second kappa shape index (κ2) is 15.5. The van der Waals surface area contributed by atoms with Gasteiger partial charge in [-0.1, -0.05) is 46.0 Å². The summed E-state index contributed by atoms with van der Waals surface area (Å²) < 4.78 is 13.8. The van der Waals surface area contributed by atoms with Gasteiger partial charge in [0.2, 0.25) is 12.3 Å². The lowest BCUT2D eigenvalue weighted by molar-refractivity contribution is -0.157. The minimum Gasteiger partial charge on any atom is -0.367 e. The highest BCUT2D eigenvalue weighted by molar-refractivity contribution is 5.79. The first kappa shape index (κ1) is 26.7. The molecule has 2 rings (SSSR count). The molecule has 1 fully saturated rings. The van der Waals surface area contributed by atoms with Crippen molar-refractivity contribution in [3.8, 4) is 0 Å². The smallest absolute Gasteiger partial charge is 0.233 e. The molecule has 2 N–H and O–H groups in total. The fourth-order valence-electron chi connectivity index (χ4n) is 3.92. The molecule has 176 valence electrons. The second-order valence-corrected chi connectivity index (χ2v) is 7.76. The SMILES string of the molecule is CC.C[C@@H](F)CN(CCNc1cccnn1)C(=O)C(CC1CCCCC1)CN(O)C=O. The van der Waals surface area contributed by atoms with Crippen molar-refractivity contribution in [2.45, 2.75) is 65.5 Å². The van der Waals surface area contributed by atoms with Crippen LogP contribution >= 0.6 is 0 Å². The summed E-state index contributed by atoms with van der Waals surface area (Å²) in [5, 5.41) is 21.0. The molecule has 1 unspecified atom stereocenters. The normalized spacial score (nSPS) is 15.8.